The zero-order valence-corrected chi connectivity index (χ0v) is 45.6. The van der Waals surface area contributed by atoms with Gasteiger partial charge in [0.15, 0.2) is 0 Å². The molecule has 0 unspecified atom stereocenters. The van der Waals surface area contributed by atoms with Crippen molar-refractivity contribution in [1.82, 2.24) is 0 Å². The van der Waals surface area contributed by atoms with E-state index in [4.69, 9.17) is 31.7 Å². The Kier molecular flexibility index (Phi) is 52.8. The molecule has 0 heterocycles. The number of rotatable bonds is 42. The summed E-state index contributed by atoms with van der Waals surface area (Å²) in [6.45, 7) is 27.2. The van der Waals surface area contributed by atoms with Crippen LogP contribution in [0.2, 0.25) is 12.1 Å². The van der Waals surface area contributed by atoms with Gasteiger partial charge in [0.2, 0.25) is 0 Å². The third-order valence-electron chi connectivity index (χ3n) is 10.9. The lowest BCUT2D eigenvalue weighted by atomic mass is 10.1. The number of unbranched alkanes of at least 4 members (excludes halogenated alkanes) is 18. The van der Waals surface area contributed by atoms with E-state index in [1.807, 2.05) is 41.5 Å². The van der Waals surface area contributed by atoms with Gasteiger partial charge in [0.05, 0.1) is 54.4 Å². The first-order valence-corrected chi connectivity index (χ1v) is 29.2. The Labute approximate surface area is 385 Å². The van der Waals surface area contributed by atoms with E-state index in [2.05, 4.69) is 42.0 Å². The van der Waals surface area contributed by atoms with Crippen LogP contribution < -0.4 is 17.5 Å². The lowest BCUT2D eigenvalue weighted by Gasteiger charge is -2.32. The van der Waals surface area contributed by atoms with Crippen LogP contribution in [0.3, 0.4) is 0 Å². The fourth-order valence-corrected chi connectivity index (χ4v) is 12.9. The summed E-state index contributed by atoms with van der Waals surface area (Å²) in [5.41, 5.74) is 0. The Morgan fingerprint density at radius 1 is 0.317 bits per heavy atom. The number of nitrogens with zero attached hydrogens (tertiary/aromatic N) is 2. The second kappa shape index (κ2) is 47.3. The van der Waals surface area contributed by atoms with Gasteiger partial charge in [-0.1, -0.05) is 124 Å². The summed E-state index contributed by atoms with van der Waals surface area (Å²) in [6.07, 6.45) is 30.3. The van der Waals surface area contributed by atoms with Gasteiger partial charge in [0, 0.05) is 64.6 Å². The van der Waals surface area contributed by atoms with Gasteiger partial charge in [0.1, 0.15) is 0 Å². The molecule has 0 saturated carbocycles. The van der Waals surface area contributed by atoms with Gasteiger partial charge in [-0.2, -0.15) is 0 Å². The van der Waals surface area contributed by atoms with Gasteiger partial charge in [-0.3, -0.25) is 0 Å². The van der Waals surface area contributed by atoms with Gasteiger partial charge < -0.3 is 53.0 Å². The summed E-state index contributed by atoms with van der Waals surface area (Å²) in [5.74, 6) is 0. The van der Waals surface area contributed by atoms with Crippen LogP contribution in [0.15, 0.2) is 0 Å². The number of hydrogen-bond donors (Lipinski definition) is 0. The molecule has 0 aromatic heterocycles. The summed E-state index contributed by atoms with van der Waals surface area (Å²) in [7, 11) is 4.50. The topological polar surface area (TPSA) is 78.4 Å². The molecule has 0 aliphatic heterocycles. The largest absolute Gasteiger partial charge is 1.00 e. The van der Waals surface area contributed by atoms with Gasteiger partial charge in [-0.25, -0.2) is 0 Å². The van der Waals surface area contributed by atoms with E-state index in [-0.39, 0.29) is 19.0 Å². The van der Waals surface area contributed by atoms with Crippen molar-refractivity contribution in [2.45, 2.75) is 216 Å². The highest BCUT2D eigenvalue weighted by Crippen LogP contribution is 2.21. The Bertz CT molecular complexity index is 736. The van der Waals surface area contributed by atoms with E-state index < -0.39 is 17.6 Å². The first kappa shape index (κ1) is 67.0. The molecule has 0 saturated heterocycles. The van der Waals surface area contributed by atoms with E-state index >= 15 is 0 Å². The van der Waals surface area contributed by atoms with Gasteiger partial charge in [-0.15, -0.1) is 6.61 Å². The molecule has 0 radical (unpaired) electrons. The quantitative estimate of drug-likeness (QED) is 0.0344. The summed E-state index contributed by atoms with van der Waals surface area (Å²) in [6, 6.07) is 1.87. The fraction of sp³-hybridized carbons (Fsp3) is 1.00. The zero-order chi connectivity index (χ0) is 45.0. The van der Waals surface area contributed by atoms with E-state index in [0.29, 0.717) is 39.6 Å². The first-order valence-electron chi connectivity index (χ1n) is 25.4. The average Bonchev–Trinajstić information content (AvgIpc) is 3.17. The van der Waals surface area contributed by atoms with Gasteiger partial charge in [-0.05, 0) is 67.2 Å². The molecule has 9 nitrogen and oxygen atoms in total. The van der Waals surface area contributed by atoms with Crippen LogP contribution in [0.25, 0.3) is 0 Å². The molecule has 12 heteroatoms. The number of halogens is 1. The van der Waals surface area contributed by atoms with Crippen LogP contribution in [-0.4, -0.2) is 127 Å². The Balaban J connectivity index is -0.000000482. The van der Waals surface area contributed by atoms with Crippen molar-refractivity contribution in [3.05, 3.63) is 0 Å². The lowest BCUT2D eigenvalue weighted by molar-refractivity contribution is -0.890. The fourth-order valence-electron chi connectivity index (χ4n) is 7.73. The highest BCUT2D eigenvalue weighted by molar-refractivity contribution is 6.61. The molecule has 0 aromatic carbocycles. The number of hydrogen-bond acceptors (Lipinski definition) is 7. The second-order valence-electron chi connectivity index (χ2n) is 17.6. The number of quaternary nitrogens is 2. The van der Waals surface area contributed by atoms with E-state index in [1.165, 1.54) is 155 Å². The molecule has 0 atom stereocenters. The zero-order valence-electron chi connectivity index (χ0n) is 42.9. The maximum Gasteiger partial charge on any atom is 0.501 e. The van der Waals surface area contributed by atoms with Crippen molar-refractivity contribution < 1.29 is 53.0 Å². The third-order valence-corrected chi connectivity index (χ3v) is 17.2. The average molecular weight is 918 g/mol. The predicted octanol–water partition coefficient (Wildman–Crippen LogP) is 9.22. The normalized spacial score (nSPS) is 12.1. The van der Waals surface area contributed by atoms with Crippen LogP contribution in [0, 0.1) is 0 Å². The van der Waals surface area contributed by atoms with E-state index in [9.17, 15) is 0 Å². The van der Waals surface area contributed by atoms with Gasteiger partial charge >= 0.3 is 17.6 Å². The molecule has 60 heavy (non-hydrogen) atoms. The molecule has 0 fully saturated rings. The maximum absolute atomic E-state index is 8.93. The van der Waals surface area contributed by atoms with Crippen molar-refractivity contribution in [2.75, 3.05) is 101 Å². The first-order chi connectivity index (χ1) is 28.3. The van der Waals surface area contributed by atoms with E-state index in [0.717, 1.165) is 33.9 Å². The Hall–Kier alpha value is 0.364. The Morgan fingerprint density at radius 3 is 0.700 bits per heavy atom. The van der Waals surface area contributed by atoms with Crippen molar-refractivity contribution in [3.8, 4) is 0 Å². The summed E-state index contributed by atoms with van der Waals surface area (Å²) in [4.78, 5) is 0. The van der Waals surface area contributed by atoms with E-state index in [1.54, 1.807) is 6.92 Å². The van der Waals surface area contributed by atoms with Crippen LogP contribution in [0.4, 0.5) is 0 Å². The molecule has 0 spiro atoms. The second-order valence-corrected chi connectivity index (χ2v) is 23.1. The molecule has 0 amide bonds. The molecule has 0 bridgehead atoms. The SMILES string of the molecule is CCCCCCCCCCCC[N+](C)(C)CCC[Si](OCC)(OCC)OCC.CCCCCCCCCCCC[N+](C)(C)CCC[Si](OCC)(OCC)OCC.CC[O-].[Cl-]. The molecular formula is C48H109ClN2O7Si2. The minimum absolute atomic E-state index is 0. The maximum atomic E-state index is 8.93. The predicted molar refractivity (Wildman–Crippen MR) is 258 cm³/mol. The molecular weight excluding hydrogens is 808 g/mol. The van der Waals surface area contributed by atoms with Crippen LogP contribution in [0.1, 0.15) is 204 Å². The van der Waals surface area contributed by atoms with Crippen LogP contribution in [-0.2, 0) is 26.6 Å². The highest BCUT2D eigenvalue weighted by Gasteiger charge is 2.41. The minimum Gasteiger partial charge on any atom is -1.00 e. The molecule has 0 N–H and O–H groups in total. The molecule has 0 aliphatic rings. The van der Waals surface area contributed by atoms with Crippen molar-refractivity contribution in [2.24, 2.45) is 0 Å². The third kappa shape index (κ3) is 43.6. The summed E-state index contributed by atoms with van der Waals surface area (Å²) in [5, 5.41) is 8.93. The monoisotopic (exact) mass is 917 g/mol. The molecule has 368 valence electrons. The molecule has 0 rings (SSSR count). The molecule has 0 aromatic rings. The van der Waals surface area contributed by atoms with Crippen molar-refractivity contribution >= 4 is 17.6 Å². The summed E-state index contributed by atoms with van der Waals surface area (Å²) < 4.78 is 38.1. The lowest BCUT2D eigenvalue weighted by Crippen LogP contribution is -3.00. The van der Waals surface area contributed by atoms with Crippen molar-refractivity contribution in [3.63, 3.8) is 0 Å². The van der Waals surface area contributed by atoms with Crippen LogP contribution >= 0.6 is 0 Å². The van der Waals surface area contributed by atoms with Crippen LogP contribution in [0.5, 0.6) is 0 Å². The highest BCUT2D eigenvalue weighted by atomic mass is 35.5. The van der Waals surface area contributed by atoms with Gasteiger partial charge in [0.25, 0.3) is 0 Å². The standard InChI is InChI=1S/2C23H52NO3Si.C2H5O.ClH/c2*1-7-11-12-13-14-15-16-17-18-19-21-24(5,6)22-20-23-28(25-8-2,26-9-3)27-10-4;1-2-3;/h2*7-23H2,1-6H3;2H2,1H3;1H/q2*+1;-1;/p-1. The Morgan fingerprint density at radius 2 is 0.500 bits per heavy atom. The minimum atomic E-state index is -2.47. The summed E-state index contributed by atoms with van der Waals surface area (Å²) >= 11 is 0. The van der Waals surface area contributed by atoms with Crippen molar-refractivity contribution in [1.29, 1.82) is 0 Å². The smallest absolute Gasteiger partial charge is 0.501 e. The molecule has 0 aliphatic carbocycles.